The lowest BCUT2D eigenvalue weighted by molar-refractivity contribution is -0.0296. The molecule has 23 heavy (non-hydrogen) atoms. The van der Waals surface area contributed by atoms with Crippen LogP contribution in [0, 0.1) is 5.92 Å². The fraction of sp³-hybridized carbons (Fsp3) is 0.632. The van der Waals surface area contributed by atoms with E-state index in [1.54, 1.807) is 0 Å². The molecular formula is C19H28N2O2. The number of hydrogen-bond donors (Lipinski definition) is 2. The molecule has 4 nitrogen and oxygen atoms in total. The van der Waals surface area contributed by atoms with Crippen LogP contribution in [-0.4, -0.2) is 40.6 Å². The molecule has 2 bridgehead atoms. The smallest absolute Gasteiger partial charge is 0.248 e. The molecule has 4 heteroatoms. The van der Waals surface area contributed by atoms with Crippen LogP contribution >= 0.6 is 0 Å². The summed E-state index contributed by atoms with van der Waals surface area (Å²) in [6, 6.07) is 6.36. The Kier molecular flexibility index (Phi) is 3.81. The SMILES string of the molecule is C[C@H]1[C@H]2Cc3ccc(C(N)=O)cc3[C@]1(C)CCN2CC(C)(C)O. The first-order chi connectivity index (χ1) is 10.6. The van der Waals surface area contributed by atoms with E-state index in [-0.39, 0.29) is 11.3 Å². The number of fused-ring (bicyclic) bond motifs is 4. The summed E-state index contributed by atoms with van der Waals surface area (Å²) in [4.78, 5) is 14.0. The van der Waals surface area contributed by atoms with Crippen LogP contribution in [0.25, 0.3) is 0 Å². The molecule has 1 heterocycles. The summed E-state index contributed by atoms with van der Waals surface area (Å²) >= 11 is 0. The molecular weight excluding hydrogens is 288 g/mol. The lowest BCUT2D eigenvalue weighted by atomic mass is 9.58. The van der Waals surface area contributed by atoms with Gasteiger partial charge in [0.05, 0.1) is 5.60 Å². The predicted molar refractivity (Wildman–Crippen MR) is 91.5 cm³/mol. The van der Waals surface area contributed by atoms with Crippen LogP contribution in [-0.2, 0) is 11.8 Å². The van der Waals surface area contributed by atoms with Crippen LogP contribution in [0.15, 0.2) is 18.2 Å². The average Bonchev–Trinajstić information content (AvgIpc) is 2.44. The summed E-state index contributed by atoms with van der Waals surface area (Å²) in [5.74, 6) is 0.125. The number of benzene rings is 1. The number of rotatable bonds is 3. The lowest BCUT2D eigenvalue weighted by Gasteiger charge is -2.55. The van der Waals surface area contributed by atoms with Crippen molar-refractivity contribution in [1.29, 1.82) is 0 Å². The number of hydrogen-bond acceptors (Lipinski definition) is 3. The highest BCUT2D eigenvalue weighted by molar-refractivity contribution is 5.93. The van der Waals surface area contributed by atoms with E-state index < -0.39 is 5.60 Å². The van der Waals surface area contributed by atoms with Crippen molar-refractivity contribution < 1.29 is 9.90 Å². The second-order valence-electron chi connectivity index (χ2n) is 8.25. The summed E-state index contributed by atoms with van der Waals surface area (Å²) in [6.07, 6.45) is 2.01. The maximum atomic E-state index is 11.5. The van der Waals surface area contributed by atoms with E-state index in [1.807, 2.05) is 26.0 Å². The fourth-order valence-corrected chi connectivity index (χ4v) is 4.55. The Labute approximate surface area is 138 Å². The largest absolute Gasteiger partial charge is 0.389 e. The number of piperidine rings is 1. The molecule has 1 aliphatic carbocycles. The molecule has 2 aliphatic rings. The van der Waals surface area contributed by atoms with Crippen molar-refractivity contribution in [2.24, 2.45) is 11.7 Å². The molecule has 1 aliphatic heterocycles. The minimum absolute atomic E-state index is 0.0693. The molecule has 1 fully saturated rings. The molecule has 0 radical (unpaired) electrons. The second kappa shape index (κ2) is 5.32. The molecule has 0 saturated carbocycles. The van der Waals surface area contributed by atoms with Crippen molar-refractivity contribution in [1.82, 2.24) is 4.90 Å². The first kappa shape index (κ1) is 16.5. The van der Waals surface area contributed by atoms with E-state index in [4.69, 9.17) is 5.73 Å². The van der Waals surface area contributed by atoms with Crippen molar-refractivity contribution >= 4 is 5.91 Å². The van der Waals surface area contributed by atoms with E-state index in [0.717, 1.165) is 19.4 Å². The van der Waals surface area contributed by atoms with Crippen LogP contribution in [0.2, 0.25) is 0 Å². The predicted octanol–water partition coefficient (Wildman–Crippen LogP) is 2.08. The topological polar surface area (TPSA) is 66.6 Å². The van der Waals surface area contributed by atoms with Crippen LogP contribution < -0.4 is 5.73 Å². The zero-order valence-electron chi connectivity index (χ0n) is 14.6. The van der Waals surface area contributed by atoms with Gasteiger partial charge in [-0.25, -0.2) is 0 Å². The number of carbonyl (C=O) groups excluding carboxylic acids is 1. The number of likely N-dealkylation sites (tertiary alicyclic amines) is 1. The van der Waals surface area contributed by atoms with Gasteiger partial charge in [0, 0.05) is 18.2 Å². The monoisotopic (exact) mass is 316 g/mol. The van der Waals surface area contributed by atoms with Crippen molar-refractivity contribution in [2.45, 2.75) is 57.6 Å². The first-order valence-electron chi connectivity index (χ1n) is 8.51. The van der Waals surface area contributed by atoms with E-state index in [1.165, 1.54) is 11.1 Å². The second-order valence-corrected chi connectivity index (χ2v) is 8.25. The molecule has 1 saturated heterocycles. The van der Waals surface area contributed by atoms with E-state index >= 15 is 0 Å². The molecule has 3 rings (SSSR count). The van der Waals surface area contributed by atoms with Gasteiger partial charge in [0.2, 0.25) is 5.91 Å². The van der Waals surface area contributed by atoms with Crippen molar-refractivity contribution in [3.05, 3.63) is 34.9 Å². The number of carbonyl (C=O) groups is 1. The van der Waals surface area contributed by atoms with Crippen molar-refractivity contribution in [3.8, 4) is 0 Å². The third kappa shape index (κ3) is 2.79. The van der Waals surface area contributed by atoms with Crippen LogP contribution in [0.1, 0.15) is 55.6 Å². The summed E-state index contributed by atoms with van der Waals surface area (Å²) in [6.45, 7) is 10.1. The summed E-state index contributed by atoms with van der Waals surface area (Å²) in [5.41, 5.74) is 8.08. The number of amides is 1. The molecule has 1 amide bonds. The van der Waals surface area contributed by atoms with Crippen molar-refractivity contribution in [3.63, 3.8) is 0 Å². The number of nitrogens with zero attached hydrogens (tertiary/aromatic N) is 1. The van der Waals surface area contributed by atoms with Gasteiger partial charge in [-0.1, -0.05) is 19.9 Å². The summed E-state index contributed by atoms with van der Waals surface area (Å²) < 4.78 is 0. The molecule has 0 aromatic heterocycles. The number of β-amino-alcohol motifs (C(OH)–C–C–N with tert-alkyl or cyclic N) is 1. The van der Waals surface area contributed by atoms with Gasteiger partial charge < -0.3 is 10.8 Å². The normalized spacial score (nSPS) is 30.8. The van der Waals surface area contributed by atoms with E-state index in [9.17, 15) is 9.90 Å². The molecule has 1 aromatic carbocycles. The highest BCUT2D eigenvalue weighted by atomic mass is 16.3. The zero-order chi connectivity index (χ0) is 17.0. The van der Waals surface area contributed by atoms with Gasteiger partial charge in [-0.2, -0.15) is 0 Å². The summed E-state index contributed by atoms with van der Waals surface area (Å²) in [5, 5.41) is 10.2. The average molecular weight is 316 g/mol. The molecule has 0 unspecified atom stereocenters. The quantitative estimate of drug-likeness (QED) is 0.897. The highest BCUT2D eigenvalue weighted by Gasteiger charge is 2.48. The first-order valence-corrected chi connectivity index (χ1v) is 8.51. The number of aliphatic hydroxyl groups is 1. The van der Waals surface area contributed by atoms with Gasteiger partial charge in [-0.3, -0.25) is 9.69 Å². The Balaban J connectivity index is 1.99. The van der Waals surface area contributed by atoms with E-state index in [0.29, 0.717) is 24.1 Å². The highest BCUT2D eigenvalue weighted by Crippen LogP contribution is 2.48. The van der Waals surface area contributed by atoms with Gasteiger partial charge in [-0.15, -0.1) is 0 Å². The maximum Gasteiger partial charge on any atom is 0.248 e. The Bertz CT molecular complexity index is 635. The number of nitrogens with two attached hydrogens (primary N) is 1. The third-order valence-corrected chi connectivity index (χ3v) is 6.00. The summed E-state index contributed by atoms with van der Waals surface area (Å²) in [7, 11) is 0. The zero-order valence-corrected chi connectivity index (χ0v) is 14.6. The Morgan fingerprint density at radius 3 is 2.78 bits per heavy atom. The lowest BCUT2D eigenvalue weighted by Crippen LogP contribution is -2.60. The molecule has 0 spiro atoms. The Hall–Kier alpha value is -1.39. The maximum absolute atomic E-state index is 11.5. The van der Waals surface area contributed by atoms with Gasteiger partial charge in [0.25, 0.3) is 0 Å². The van der Waals surface area contributed by atoms with Gasteiger partial charge in [0.1, 0.15) is 0 Å². The van der Waals surface area contributed by atoms with Crippen LogP contribution in [0.4, 0.5) is 0 Å². The van der Waals surface area contributed by atoms with Gasteiger partial charge in [0.15, 0.2) is 0 Å². The van der Waals surface area contributed by atoms with Gasteiger partial charge in [-0.05, 0) is 67.8 Å². The molecule has 3 N–H and O–H groups in total. The van der Waals surface area contributed by atoms with E-state index in [2.05, 4.69) is 24.8 Å². The molecule has 3 atom stereocenters. The van der Waals surface area contributed by atoms with Crippen LogP contribution in [0.3, 0.4) is 0 Å². The van der Waals surface area contributed by atoms with Crippen LogP contribution in [0.5, 0.6) is 0 Å². The molecule has 126 valence electrons. The fourth-order valence-electron chi connectivity index (χ4n) is 4.55. The minimum atomic E-state index is -0.677. The standard InChI is InChI=1S/C19H28N2O2/c1-12-16-10-13-5-6-14(17(20)22)9-15(13)19(12,4)7-8-21(16)11-18(2,3)23/h5-6,9,12,16,23H,7-8,10-11H2,1-4H3,(H2,20,22)/t12-,16+,19+/m0/s1. The molecule has 1 aromatic rings. The number of primary amides is 1. The Morgan fingerprint density at radius 1 is 1.48 bits per heavy atom. The van der Waals surface area contributed by atoms with Gasteiger partial charge >= 0.3 is 0 Å². The van der Waals surface area contributed by atoms with Crippen molar-refractivity contribution in [2.75, 3.05) is 13.1 Å². The Morgan fingerprint density at radius 2 is 2.17 bits per heavy atom. The minimum Gasteiger partial charge on any atom is -0.389 e. The third-order valence-electron chi connectivity index (χ3n) is 6.00.